The number of thiophene rings is 1. The maximum absolute atomic E-state index is 12.9. The minimum atomic E-state index is -0.0987. The molecule has 2 saturated heterocycles. The molecule has 0 bridgehead atoms. The van der Waals surface area contributed by atoms with Gasteiger partial charge in [0.25, 0.3) is 5.91 Å². The lowest BCUT2D eigenvalue weighted by Crippen LogP contribution is -2.53. The molecule has 4 nitrogen and oxygen atoms in total. The van der Waals surface area contributed by atoms with Gasteiger partial charge in [-0.25, -0.2) is 0 Å². The number of carbonyl (C=O) groups is 1. The molecule has 5 rings (SSSR count). The molecule has 1 aromatic carbocycles. The largest absolute Gasteiger partial charge is 0.378 e. The molecule has 1 spiro atoms. The first kappa shape index (κ1) is 20.6. The van der Waals surface area contributed by atoms with Crippen LogP contribution >= 0.6 is 23.1 Å². The third-order valence-corrected chi connectivity index (χ3v) is 9.28. The van der Waals surface area contributed by atoms with Crippen LogP contribution < -0.4 is 5.32 Å². The molecule has 2 atom stereocenters. The fraction of sp³-hybridized carbons (Fsp3) is 0.542. The predicted molar refractivity (Wildman–Crippen MR) is 125 cm³/mol. The number of carbonyl (C=O) groups excluding carboxylic acids is 1. The second-order valence-corrected chi connectivity index (χ2v) is 10.9. The van der Waals surface area contributed by atoms with Gasteiger partial charge < -0.3 is 15.0 Å². The van der Waals surface area contributed by atoms with E-state index in [4.69, 9.17) is 4.74 Å². The Labute approximate surface area is 187 Å². The topological polar surface area (TPSA) is 41.6 Å². The Balaban J connectivity index is 1.40. The summed E-state index contributed by atoms with van der Waals surface area (Å²) in [6.07, 6.45) is 4.81. The van der Waals surface area contributed by atoms with Crippen molar-refractivity contribution in [3.05, 3.63) is 57.8 Å². The highest BCUT2D eigenvalue weighted by Gasteiger charge is 2.54. The fourth-order valence-corrected chi connectivity index (χ4v) is 7.59. The standard InChI is InChI=1S/C24H30N2O2S2/c1-28-22-21(25-23(27)20-7-4-14-30-20)18-5-2-3-6-19(18)24(22)10-12-26(13-11-24)17-8-15-29-16-9-17/h2-7,14,17,21-22H,8-13,15-16H2,1H3,(H,25,27)/t21-,22+/m1/s1. The van der Waals surface area contributed by atoms with Crippen molar-refractivity contribution in [2.45, 2.75) is 49.3 Å². The summed E-state index contributed by atoms with van der Waals surface area (Å²) in [5, 5.41) is 5.27. The minimum absolute atomic E-state index is 0.000967. The molecule has 0 radical (unpaired) electrons. The van der Waals surface area contributed by atoms with Crippen LogP contribution in [0, 0.1) is 0 Å². The van der Waals surface area contributed by atoms with Gasteiger partial charge in [0.2, 0.25) is 0 Å². The molecule has 3 aliphatic rings. The first-order chi connectivity index (χ1) is 14.7. The number of nitrogens with one attached hydrogen (secondary N) is 1. The Bertz CT molecular complexity index is 871. The van der Waals surface area contributed by atoms with Gasteiger partial charge in [0.1, 0.15) is 0 Å². The van der Waals surface area contributed by atoms with Gasteiger partial charge in [0, 0.05) is 18.6 Å². The maximum Gasteiger partial charge on any atom is 0.261 e. The number of hydrogen-bond acceptors (Lipinski definition) is 5. The van der Waals surface area contributed by atoms with Crippen LogP contribution in [0.15, 0.2) is 41.8 Å². The highest BCUT2D eigenvalue weighted by molar-refractivity contribution is 7.99. The van der Waals surface area contributed by atoms with Crippen LogP contribution in [0.25, 0.3) is 0 Å². The van der Waals surface area contributed by atoms with Crippen molar-refractivity contribution in [1.29, 1.82) is 0 Å². The lowest BCUT2D eigenvalue weighted by Gasteiger charge is -2.46. The number of piperidine rings is 1. The Morgan fingerprint density at radius 3 is 2.60 bits per heavy atom. The normalized spacial score (nSPS) is 26.6. The Hall–Kier alpha value is -1.34. The molecule has 160 valence electrons. The van der Waals surface area contributed by atoms with Crippen LogP contribution in [0.5, 0.6) is 0 Å². The number of rotatable bonds is 4. The summed E-state index contributed by atoms with van der Waals surface area (Å²) in [5.41, 5.74) is 2.60. The monoisotopic (exact) mass is 442 g/mol. The lowest BCUT2D eigenvalue weighted by atomic mass is 9.71. The Kier molecular flexibility index (Phi) is 5.93. The van der Waals surface area contributed by atoms with Gasteiger partial charge in [-0.05, 0) is 72.9 Å². The molecule has 1 N–H and O–H groups in total. The van der Waals surface area contributed by atoms with Gasteiger partial charge in [-0.2, -0.15) is 11.8 Å². The number of benzene rings is 1. The van der Waals surface area contributed by atoms with Gasteiger partial charge in [0.15, 0.2) is 0 Å². The number of methoxy groups -OCH3 is 1. The minimum Gasteiger partial charge on any atom is -0.378 e. The van der Waals surface area contributed by atoms with Crippen LogP contribution in [0.4, 0.5) is 0 Å². The third kappa shape index (κ3) is 3.52. The molecular weight excluding hydrogens is 412 g/mol. The van der Waals surface area contributed by atoms with E-state index in [0.29, 0.717) is 0 Å². The molecule has 1 aromatic heterocycles. The summed E-state index contributed by atoms with van der Waals surface area (Å²) in [6, 6.07) is 13.1. The highest BCUT2D eigenvalue weighted by Crippen LogP contribution is 2.52. The van der Waals surface area contributed by atoms with Crippen molar-refractivity contribution < 1.29 is 9.53 Å². The summed E-state index contributed by atoms with van der Waals surface area (Å²) in [4.78, 5) is 16.4. The molecule has 3 heterocycles. The van der Waals surface area contributed by atoms with E-state index in [1.807, 2.05) is 24.6 Å². The molecular formula is C24H30N2O2S2. The van der Waals surface area contributed by atoms with Gasteiger partial charge in [-0.1, -0.05) is 30.3 Å². The number of thioether (sulfide) groups is 1. The van der Waals surface area contributed by atoms with Gasteiger partial charge in [-0.3, -0.25) is 4.79 Å². The van der Waals surface area contributed by atoms with E-state index in [0.717, 1.165) is 36.9 Å². The summed E-state index contributed by atoms with van der Waals surface area (Å²) in [5.74, 6) is 2.60. The van der Waals surface area contributed by atoms with Crippen molar-refractivity contribution in [3.63, 3.8) is 0 Å². The summed E-state index contributed by atoms with van der Waals surface area (Å²) >= 11 is 3.58. The van der Waals surface area contributed by atoms with Gasteiger partial charge in [0.05, 0.1) is 17.0 Å². The van der Waals surface area contributed by atoms with Gasteiger partial charge in [-0.15, -0.1) is 11.3 Å². The van der Waals surface area contributed by atoms with E-state index >= 15 is 0 Å². The zero-order valence-electron chi connectivity index (χ0n) is 17.5. The summed E-state index contributed by atoms with van der Waals surface area (Å²) in [6.45, 7) is 2.24. The number of nitrogens with zero attached hydrogens (tertiary/aromatic N) is 1. The maximum atomic E-state index is 12.9. The van der Waals surface area contributed by atoms with Crippen molar-refractivity contribution >= 4 is 29.0 Å². The molecule has 1 amide bonds. The summed E-state index contributed by atoms with van der Waals surface area (Å²) < 4.78 is 6.17. The molecule has 2 aromatic rings. The van der Waals surface area contributed by atoms with E-state index in [-0.39, 0.29) is 23.5 Å². The van der Waals surface area contributed by atoms with Crippen LogP contribution in [-0.2, 0) is 10.2 Å². The van der Waals surface area contributed by atoms with Crippen molar-refractivity contribution in [1.82, 2.24) is 10.2 Å². The first-order valence-electron chi connectivity index (χ1n) is 11.0. The average Bonchev–Trinajstić information content (AvgIpc) is 3.42. The van der Waals surface area contributed by atoms with E-state index < -0.39 is 0 Å². The van der Waals surface area contributed by atoms with E-state index in [1.54, 1.807) is 0 Å². The molecule has 0 unspecified atom stereocenters. The molecule has 30 heavy (non-hydrogen) atoms. The van der Waals surface area contributed by atoms with E-state index in [1.165, 1.54) is 46.8 Å². The molecule has 2 aliphatic heterocycles. The Morgan fingerprint density at radius 2 is 1.90 bits per heavy atom. The number of ether oxygens (including phenoxy) is 1. The number of likely N-dealkylation sites (tertiary alicyclic amines) is 1. The number of fused-ring (bicyclic) bond motifs is 2. The van der Waals surface area contributed by atoms with E-state index in [9.17, 15) is 4.79 Å². The zero-order chi connectivity index (χ0) is 20.6. The predicted octanol–water partition coefficient (Wildman–Crippen LogP) is 4.48. The van der Waals surface area contributed by atoms with Crippen molar-refractivity contribution in [2.24, 2.45) is 0 Å². The smallest absolute Gasteiger partial charge is 0.261 e. The lowest BCUT2D eigenvalue weighted by molar-refractivity contribution is -0.0176. The third-order valence-electron chi connectivity index (χ3n) is 7.36. The Morgan fingerprint density at radius 1 is 1.13 bits per heavy atom. The molecule has 6 heteroatoms. The SMILES string of the molecule is CO[C@H]1[C@H](NC(=O)c2cccs2)c2ccccc2C12CCN(C1CCSCC1)CC2. The van der Waals surface area contributed by atoms with Crippen LogP contribution in [0.1, 0.15) is 52.5 Å². The second-order valence-electron chi connectivity index (χ2n) is 8.71. The zero-order valence-corrected chi connectivity index (χ0v) is 19.1. The van der Waals surface area contributed by atoms with Crippen molar-refractivity contribution in [2.75, 3.05) is 31.7 Å². The van der Waals surface area contributed by atoms with Gasteiger partial charge >= 0.3 is 0 Å². The second kappa shape index (κ2) is 8.65. The first-order valence-corrected chi connectivity index (χ1v) is 13.0. The average molecular weight is 443 g/mol. The van der Waals surface area contributed by atoms with Crippen LogP contribution in [0.3, 0.4) is 0 Å². The van der Waals surface area contributed by atoms with Crippen molar-refractivity contribution in [3.8, 4) is 0 Å². The number of hydrogen-bond donors (Lipinski definition) is 1. The highest BCUT2D eigenvalue weighted by atomic mass is 32.2. The van der Waals surface area contributed by atoms with E-state index in [2.05, 4.69) is 46.2 Å². The van der Waals surface area contributed by atoms with Crippen LogP contribution in [-0.4, -0.2) is 54.7 Å². The molecule has 1 aliphatic carbocycles. The number of amides is 1. The quantitative estimate of drug-likeness (QED) is 0.758. The summed E-state index contributed by atoms with van der Waals surface area (Å²) in [7, 11) is 1.81. The van der Waals surface area contributed by atoms with Crippen LogP contribution in [0.2, 0.25) is 0 Å². The fourth-order valence-electron chi connectivity index (χ4n) is 5.88. The molecule has 2 fully saturated rings. The molecule has 0 saturated carbocycles.